The van der Waals surface area contributed by atoms with Gasteiger partial charge in [0.1, 0.15) is 12.4 Å². The third-order valence-corrected chi connectivity index (χ3v) is 6.60. The molecular formula is C31H31F4N3O2. The lowest BCUT2D eigenvalue weighted by Crippen LogP contribution is -2.44. The zero-order valence-corrected chi connectivity index (χ0v) is 22.3. The molecule has 0 unspecified atom stereocenters. The summed E-state index contributed by atoms with van der Waals surface area (Å²) in [6.45, 7) is 4.20. The van der Waals surface area contributed by atoms with Gasteiger partial charge in [0, 0.05) is 42.3 Å². The molecule has 0 saturated heterocycles. The zero-order valence-electron chi connectivity index (χ0n) is 22.3. The van der Waals surface area contributed by atoms with Crippen LogP contribution in [0, 0.1) is 11.7 Å². The summed E-state index contributed by atoms with van der Waals surface area (Å²) in [7, 11) is 0. The Balaban J connectivity index is 1.57. The molecule has 0 fully saturated rings. The summed E-state index contributed by atoms with van der Waals surface area (Å²) in [6, 6.07) is 17.8. The van der Waals surface area contributed by atoms with Crippen LogP contribution in [-0.4, -0.2) is 46.2 Å². The predicted molar refractivity (Wildman–Crippen MR) is 146 cm³/mol. The molecule has 9 heteroatoms. The maximum Gasteiger partial charge on any atom is 0.416 e. The molecule has 210 valence electrons. The monoisotopic (exact) mass is 553 g/mol. The quantitative estimate of drug-likeness (QED) is 0.222. The van der Waals surface area contributed by atoms with Gasteiger partial charge in [0.15, 0.2) is 0 Å². The Labute approximate surface area is 230 Å². The van der Waals surface area contributed by atoms with Crippen LogP contribution in [0.3, 0.4) is 0 Å². The van der Waals surface area contributed by atoms with Crippen LogP contribution < -0.4 is 0 Å². The van der Waals surface area contributed by atoms with Crippen LogP contribution in [0.4, 0.5) is 17.6 Å². The third-order valence-electron chi connectivity index (χ3n) is 6.60. The summed E-state index contributed by atoms with van der Waals surface area (Å²) in [5.74, 6) is -1.33. The molecule has 2 amide bonds. The highest BCUT2D eigenvalue weighted by Gasteiger charge is 2.30. The molecule has 1 heterocycles. The number of nitrogens with one attached hydrogen (secondary N) is 1. The molecular weight excluding hydrogens is 522 g/mol. The van der Waals surface area contributed by atoms with Crippen LogP contribution in [0.5, 0.6) is 0 Å². The number of benzene rings is 3. The Morgan fingerprint density at radius 1 is 0.925 bits per heavy atom. The number of amides is 2. The molecule has 0 atom stereocenters. The number of hydrogen-bond acceptors (Lipinski definition) is 2. The summed E-state index contributed by atoms with van der Waals surface area (Å²) in [4.78, 5) is 33.1. The number of halogens is 4. The van der Waals surface area contributed by atoms with Gasteiger partial charge < -0.3 is 14.8 Å². The van der Waals surface area contributed by atoms with Crippen molar-refractivity contribution in [3.8, 4) is 0 Å². The molecule has 3 aromatic carbocycles. The summed E-state index contributed by atoms with van der Waals surface area (Å²) >= 11 is 0. The number of carbonyl (C=O) groups excluding carboxylic acids is 2. The number of hydrogen-bond donors (Lipinski definition) is 1. The maximum atomic E-state index is 13.8. The number of H-pyrrole nitrogens is 1. The fourth-order valence-electron chi connectivity index (χ4n) is 4.63. The van der Waals surface area contributed by atoms with Gasteiger partial charge in [0.05, 0.1) is 5.56 Å². The lowest BCUT2D eigenvalue weighted by atomic mass is 10.1. The minimum Gasteiger partial charge on any atom is -0.361 e. The topological polar surface area (TPSA) is 56.4 Å². The van der Waals surface area contributed by atoms with Crippen molar-refractivity contribution in [2.45, 2.75) is 33.0 Å². The SMILES string of the molecule is CC(C)CN(CC(=O)N(CCc1c[nH]c2ccccc12)Cc1ccc(C(F)(F)F)cc1)C(=O)c1cccc(F)c1. The zero-order chi connectivity index (χ0) is 28.9. The van der Waals surface area contributed by atoms with Crippen molar-refractivity contribution < 1.29 is 27.2 Å². The summed E-state index contributed by atoms with van der Waals surface area (Å²) in [6.07, 6.45) is -2.08. The van der Waals surface area contributed by atoms with Gasteiger partial charge >= 0.3 is 6.18 Å². The highest BCUT2D eigenvalue weighted by molar-refractivity contribution is 5.96. The predicted octanol–water partition coefficient (Wildman–Crippen LogP) is 6.70. The minimum atomic E-state index is -4.46. The van der Waals surface area contributed by atoms with Gasteiger partial charge in [-0.05, 0) is 59.9 Å². The smallest absolute Gasteiger partial charge is 0.361 e. The van der Waals surface area contributed by atoms with E-state index in [1.54, 1.807) is 4.90 Å². The van der Waals surface area contributed by atoms with E-state index in [0.717, 1.165) is 34.7 Å². The van der Waals surface area contributed by atoms with E-state index in [4.69, 9.17) is 0 Å². The van der Waals surface area contributed by atoms with Crippen LogP contribution in [0.1, 0.15) is 40.9 Å². The Kier molecular flexibility index (Phi) is 8.92. The number of aromatic nitrogens is 1. The molecule has 4 rings (SSSR count). The van der Waals surface area contributed by atoms with Gasteiger partial charge in [-0.3, -0.25) is 9.59 Å². The van der Waals surface area contributed by atoms with Crippen molar-refractivity contribution in [1.82, 2.24) is 14.8 Å². The van der Waals surface area contributed by atoms with Crippen LogP contribution in [0.2, 0.25) is 0 Å². The summed E-state index contributed by atoms with van der Waals surface area (Å²) in [5, 5.41) is 1.02. The van der Waals surface area contributed by atoms with E-state index in [-0.39, 0.29) is 43.6 Å². The number of carbonyl (C=O) groups is 2. The van der Waals surface area contributed by atoms with E-state index in [2.05, 4.69) is 4.98 Å². The van der Waals surface area contributed by atoms with Gasteiger partial charge in [-0.15, -0.1) is 0 Å². The number of fused-ring (bicyclic) bond motifs is 1. The second kappa shape index (κ2) is 12.4. The van der Waals surface area contributed by atoms with Gasteiger partial charge in [0.2, 0.25) is 5.91 Å². The Morgan fingerprint density at radius 3 is 2.33 bits per heavy atom. The summed E-state index contributed by atoms with van der Waals surface area (Å²) < 4.78 is 53.0. The first-order valence-electron chi connectivity index (χ1n) is 13.0. The van der Waals surface area contributed by atoms with E-state index < -0.39 is 23.5 Å². The average Bonchev–Trinajstić information content (AvgIpc) is 3.32. The Bertz CT molecular complexity index is 1460. The molecule has 0 aliphatic rings. The molecule has 0 aliphatic carbocycles. The first-order valence-corrected chi connectivity index (χ1v) is 13.0. The molecule has 4 aromatic rings. The maximum absolute atomic E-state index is 13.8. The first kappa shape index (κ1) is 28.9. The number of rotatable bonds is 10. The fourth-order valence-corrected chi connectivity index (χ4v) is 4.63. The number of nitrogens with zero attached hydrogens (tertiary/aromatic N) is 2. The molecule has 0 saturated carbocycles. The standard InChI is InChI=1S/C31H31F4N3O2/c1-21(2)18-38(30(40)23-6-5-7-26(32)16-23)20-29(39)37(19-22-10-12-25(13-11-22)31(33,34)35)15-14-24-17-36-28-9-4-3-8-27(24)28/h3-13,16-17,21,36H,14-15,18-20H2,1-2H3. The van der Waals surface area contributed by atoms with E-state index in [1.165, 1.54) is 35.2 Å². The largest absolute Gasteiger partial charge is 0.416 e. The fraction of sp³-hybridized carbons (Fsp3) is 0.290. The van der Waals surface area contributed by atoms with Gasteiger partial charge in [-0.1, -0.05) is 50.2 Å². The first-order chi connectivity index (χ1) is 19.0. The van der Waals surface area contributed by atoms with E-state index >= 15 is 0 Å². The van der Waals surface area contributed by atoms with Crippen LogP contribution in [0.25, 0.3) is 10.9 Å². The van der Waals surface area contributed by atoms with E-state index in [0.29, 0.717) is 12.0 Å². The van der Waals surface area contributed by atoms with Crippen LogP contribution in [-0.2, 0) is 23.9 Å². The van der Waals surface area contributed by atoms with Crippen molar-refractivity contribution in [2.75, 3.05) is 19.6 Å². The van der Waals surface area contributed by atoms with Crippen molar-refractivity contribution in [1.29, 1.82) is 0 Å². The number of para-hydroxylation sites is 1. The van der Waals surface area contributed by atoms with Gasteiger partial charge in [-0.2, -0.15) is 13.2 Å². The van der Waals surface area contributed by atoms with Gasteiger partial charge in [-0.25, -0.2) is 4.39 Å². The minimum absolute atomic E-state index is 0.0416. The number of aromatic amines is 1. The highest BCUT2D eigenvalue weighted by Crippen LogP contribution is 2.29. The van der Waals surface area contributed by atoms with Crippen molar-refractivity contribution in [3.05, 3.63) is 107 Å². The second-order valence-electron chi connectivity index (χ2n) is 10.2. The molecule has 40 heavy (non-hydrogen) atoms. The Morgan fingerprint density at radius 2 is 1.65 bits per heavy atom. The molecule has 5 nitrogen and oxygen atoms in total. The highest BCUT2D eigenvalue weighted by atomic mass is 19.4. The normalized spacial score (nSPS) is 11.7. The second-order valence-corrected chi connectivity index (χ2v) is 10.2. The molecule has 0 spiro atoms. The molecule has 1 N–H and O–H groups in total. The molecule has 0 aliphatic heterocycles. The summed E-state index contributed by atoms with van der Waals surface area (Å²) in [5.41, 5.74) is 1.86. The van der Waals surface area contributed by atoms with Crippen LogP contribution in [0.15, 0.2) is 79.0 Å². The number of alkyl halides is 3. The van der Waals surface area contributed by atoms with Crippen molar-refractivity contribution in [2.24, 2.45) is 5.92 Å². The van der Waals surface area contributed by atoms with E-state index in [9.17, 15) is 27.2 Å². The molecule has 0 radical (unpaired) electrons. The lowest BCUT2D eigenvalue weighted by Gasteiger charge is -2.29. The third kappa shape index (κ3) is 7.28. The van der Waals surface area contributed by atoms with Crippen molar-refractivity contribution in [3.63, 3.8) is 0 Å². The Hall–Kier alpha value is -4.14. The average molecular weight is 554 g/mol. The van der Waals surface area contributed by atoms with E-state index in [1.807, 2.05) is 44.3 Å². The molecule has 0 bridgehead atoms. The van der Waals surface area contributed by atoms with Gasteiger partial charge in [0.25, 0.3) is 5.91 Å². The van der Waals surface area contributed by atoms with Crippen LogP contribution >= 0.6 is 0 Å². The van der Waals surface area contributed by atoms with Crippen molar-refractivity contribution >= 4 is 22.7 Å². The molecule has 1 aromatic heterocycles. The lowest BCUT2D eigenvalue weighted by molar-refractivity contribution is -0.137.